The molecule has 0 aromatic heterocycles. The lowest BCUT2D eigenvalue weighted by Gasteiger charge is -2.05. The molecule has 0 atom stereocenters. The molecule has 0 aliphatic rings. The number of rotatable bonds is 3. The van der Waals surface area contributed by atoms with Gasteiger partial charge >= 0.3 is 0 Å². The maximum atomic E-state index is 13.0. The van der Waals surface area contributed by atoms with Gasteiger partial charge in [-0.15, -0.1) is 0 Å². The van der Waals surface area contributed by atoms with Crippen LogP contribution in [0.1, 0.15) is 5.56 Å². The first-order chi connectivity index (χ1) is 6.19. The van der Waals surface area contributed by atoms with Crippen molar-refractivity contribution in [2.75, 3.05) is 7.11 Å². The summed E-state index contributed by atoms with van der Waals surface area (Å²) in [5.41, 5.74) is -0.205. The van der Waals surface area contributed by atoms with Gasteiger partial charge in [-0.3, -0.25) is 4.84 Å². The molecule has 0 saturated carbocycles. The van der Waals surface area contributed by atoms with Gasteiger partial charge in [0.1, 0.15) is 17.4 Å². The minimum atomic E-state index is -0.734. The van der Waals surface area contributed by atoms with Crippen molar-refractivity contribution in [2.24, 2.45) is 5.90 Å². The Bertz CT molecular complexity index is 281. The monoisotopic (exact) mass is 189 g/mol. The molecule has 0 amide bonds. The van der Waals surface area contributed by atoms with Gasteiger partial charge in [0, 0.05) is 12.1 Å². The summed E-state index contributed by atoms with van der Waals surface area (Å²) in [5.74, 6) is 3.36. The number of benzene rings is 1. The molecule has 0 saturated heterocycles. The molecular formula is C8H9F2NO2. The molecule has 72 valence electrons. The standard InChI is InChI=1S/C8H9F2NO2/c1-12-5-2-7(9)6(4-13-11)8(10)3-5/h2-3H,4,11H2,1H3. The molecule has 0 heterocycles. The largest absolute Gasteiger partial charge is 0.497 e. The van der Waals surface area contributed by atoms with E-state index in [1.807, 2.05) is 0 Å². The average molecular weight is 189 g/mol. The second kappa shape index (κ2) is 4.15. The van der Waals surface area contributed by atoms with Crippen molar-refractivity contribution < 1.29 is 18.4 Å². The van der Waals surface area contributed by atoms with Crippen molar-refractivity contribution in [3.63, 3.8) is 0 Å². The van der Waals surface area contributed by atoms with E-state index in [0.717, 1.165) is 12.1 Å². The molecule has 1 aromatic rings. The highest BCUT2D eigenvalue weighted by Crippen LogP contribution is 2.20. The molecule has 0 unspecified atom stereocenters. The van der Waals surface area contributed by atoms with Crippen LogP contribution >= 0.6 is 0 Å². The average Bonchev–Trinajstić information content (AvgIpc) is 2.11. The van der Waals surface area contributed by atoms with Gasteiger partial charge in [0.15, 0.2) is 0 Å². The summed E-state index contributed by atoms with van der Waals surface area (Å²) in [4.78, 5) is 4.14. The first-order valence-electron chi connectivity index (χ1n) is 3.52. The first-order valence-corrected chi connectivity index (χ1v) is 3.52. The smallest absolute Gasteiger partial charge is 0.135 e. The van der Waals surface area contributed by atoms with Gasteiger partial charge in [-0.05, 0) is 0 Å². The molecule has 1 aromatic carbocycles. The molecule has 0 spiro atoms. The van der Waals surface area contributed by atoms with Crippen LogP contribution in [-0.4, -0.2) is 7.11 Å². The summed E-state index contributed by atoms with van der Waals surface area (Å²) >= 11 is 0. The van der Waals surface area contributed by atoms with E-state index in [4.69, 9.17) is 5.90 Å². The van der Waals surface area contributed by atoms with Crippen molar-refractivity contribution in [3.05, 3.63) is 29.3 Å². The predicted octanol–water partition coefficient (Wildman–Crippen LogP) is 1.36. The molecule has 3 nitrogen and oxygen atoms in total. The van der Waals surface area contributed by atoms with E-state index in [1.165, 1.54) is 7.11 Å². The zero-order valence-corrected chi connectivity index (χ0v) is 7.01. The lowest BCUT2D eigenvalue weighted by Crippen LogP contribution is -2.04. The highest BCUT2D eigenvalue weighted by Gasteiger charge is 2.11. The van der Waals surface area contributed by atoms with Crippen molar-refractivity contribution in [1.82, 2.24) is 0 Å². The van der Waals surface area contributed by atoms with Crippen molar-refractivity contribution in [2.45, 2.75) is 6.61 Å². The lowest BCUT2D eigenvalue weighted by atomic mass is 10.2. The fraction of sp³-hybridized carbons (Fsp3) is 0.250. The van der Waals surface area contributed by atoms with Crippen LogP contribution < -0.4 is 10.6 Å². The van der Waals surface area contributed by atoms with Gasteiger partial charge < -0.3 is 4.74 Å². The van der Waals surface area contributed by atoms with Crippen LogP contribution in [0.4, 0.5) is 8.78 Å². The number of hydrogen-bond donors (Lipinski definition) is 1. The third kappa shape index (κ3) is 2.13. The van der Waals surface area contributed by atoms with Crippen LogP contribution in [-0.2, 0) is 11.4 Å². The number of halogens is 2. The molecule has 0 radical (unpaired) electrons. The van der Waals surface area contributed by atoms with Gasteiger partial charge in [0.25, 0.3) is 0 Å². The summed E-state index contributed by atoms with van der Waals surface area (Å²) < 4.78 is 30.7. The Hall–Kier alpha value is -1.20. The molecular weight excluding hydrogens is 180 g/mol. The van der Waals surface area contributed by atoms with Crippen LogP contribution in [0.5, 0.6) is 5.75 Å². The maximum absolute atomic E-state index is 13.0. The molecule has 0 fully saturated rings. The van der Waals surface area contributed by atoms with E-state index in [9.17, 15) is 8.78 Å². The maximum Gasteiger partial charge on any atom is 0.135 e. The summed E-state index contributed by atoms with van der Waals surface area (Å²) in [5, 5.41) is 0. The Morgan fingerprint density at radius 1 is 1.31 bits per heavy atom. The van der Waals surface area contributed by atoms with E-state index in [0.29, 0.717) is 0 Å². The molecule has 2 N–H and O–H groups in total. The Balaban J connectivity index is 3.07. The van der Waals surface area contributed by atoms with Crippen LogP contribution in [0.25, 0.3) is 0 Å². The third-order valence-electron chi connectivity index (χ3n) is 1.58. The fourth-order valence-corrected chi connectivity index (χ4v) is 0.919. The molecule has 0 aliphatic carbocycles. The van der Waals surface area contributed by atoms with E-state index in [-0.39, 0.29) is 17.9 Å². The quantitative estimate of drug-likeness (QED) is 0.730. The normalized spacial score (nSPS) is 10.2. The van der Waals surface area contributed by atoms with Crippen molar-refractivity contribution >= 4 is 0 Å². The predicted molar refractivity (Wildman–Crippen MR) is 41.9 cm³/mol. The summed E-state index contributed by atoms with van der Waals surface area (Å²) in [6.45, 7) is -0.304. The Kier molecular flexibility index (Phi) is 3.16. The van der Waals surface area contributed by atoms with Gasteiger partial charge in [0.2, 0.25) is 0 Å². The zero-order chi connectivity index (χ0) is 9.84. The van der Waals surface area contributed by atoms with Crippen LogP contribution in [0.2, 0.25) is 0 Å². The summed E-state index contributed by atoms with van der Waals surface area (Å²) in [7, 11) is 1.33. The van der Waals surface area contributed by atoms with Crippen LogP contribution in [0.15, 0.2) is 12.1 Å². The van der Waals surface area contributed by atoms with Gasteiger partial charge in [-0.2, -0.15) is 0 Å². The van der Waals surface area contributed by atoms with E-state index in [1.54, 1.807) is 0 Å². The molecule has 0 aliphatic heterocycles. The van der Waals surface area contributed by atoms with E-state index >= 15 is 0 Å². The van der Waals surface area contributed by atoms with Gasteiger partial charge in [-0.1, -0.05) is 0 Å². The van der Waals surface area contributed by atoms with Crippen LogP contribution in [0, 0.1) is 11.6 Å². The highest BCUT2D eigenvalue weighted by atomic mass is 19.1. The second-order valence-electron chi connectivity index (χ2n) is 2.38. The summed E-state index contributed by atoms with van der Waals surface area (Å²) in [6.07, 6.45) is 0. The fourth-order valence-electron chi connectivity index (χ4n) is 0.919. The number of nitrogens with two attached hydrogens (primary N) is 1. The minimum absolute atomic E-state index is 0.121. The number of methoxy groups -OCH3 is 1. The van der Waals surface area contributed by atoms with E-state index in [2.05, 4.69) is 9.57 Å². The van der Waals surface area contributed by atoms with Crippen molar-refractivity contribution in [3.8, 4) is 5.75 Å². The summed E-state index contributed by atoms with van der Waals surface area (Å²) in [6, 6.07) is 2.13. The highest BCUT2D eigenvalue weighted by molar-refractivity contribution is 5.30. The molecule has 5 heteroatoms. The van der Waals surface area contributed by atoms with Crippen molar-refractivity contribution in [1.29, 1.82) is 0 Å². The topological polar surface area (TPSA) is 44.5 Å². The molecule has 13 heavy (non-hydrogen) atoms. The van der Waals surface area contributed by atoms with E-state index < -0.39 is 11.6 Å². The Morgan fingerprint density at radius 2 is 1.85 bits per heavy atom. The third-order valence-corrected chi connectivity index (χ3v) is 1.58. The molecule has 1 rings (SSSR count). The molecule has 0 bridgehead atoms. The zero-order valence-electron chi connectivity index (χ0n) is 7.01. The Morgan fingerprint density at radius 3 is 2.23 bits per heavy atom. The van der Waals surface area contributed by atoms with Gasteiger partial charge in [0.05, 0.1) is 19.3 Å². The van der Waals surface area contributed by atoms with Gasteiger partial charge in [-0.25, -0.2) is 14.7 Å². The SMILES string of the molecule is COc1cc(F)c(CON)c(F)c1. The Labute approximate surface area is 74.0 Å². The minimum Gasteiger partial charge on any atom is -0.497 e. The first kappa shape index (κ1) is 9.88. The second-order valence-corrected chi connectivity index (χ2v) is 2.38. The number of ether oxygens (including phenoxy) is 1. The van der Waals surface area contributed by atoms with Crippen LogP contribution in [0.3, 0.4) is 0 Å². The number of hydrogen-bond acceptors (Lipinski definition) is 3. The lowest BCUT2D eigenvalue weighted by molar-refractivity contribution is 0.118.